The van der Waals surface area contributed by atoms with E-state index in [2.05, 4.69) is 10.3 Å². The van der Waals surface area contributed by atoms with Crippen molar-refractivity contribution in [2.24, 2.45) is 11.8 Å². The van der Waals surface area contributed by atoms with Crippen LogP contribution in [0.3, 0.4) is 0 Å². The van der Waals surface area contributed by atoms with E-state index < -0.39 is 5.54 Å². The molecule has 0 unspecified atom stereocenters. The first-order valence-electron chi connectivity index (χ1n) is 11.3. The number of rotatable bonds is 6. The van der Waals surface area contributed by atoms with E-state index in [4.69, 9.17) is 5.41 Å². The summed E-state index contributed by atoms with van der Waals surface area (Å²) in [6.07, 6.45) is 11.4. The van der Waals surface area contributed by atoms with Gasteiger partial charge in [-0.25, -0.2) is 0 Å². The van der Waals surface area contributed by atoms with Gasteiger partial charge in [-0.2, -0.15) is 0 Å². The van der Waals surface area contributed by atoms with Crippen molar-refractivity contribution in [3.05, 3.63) is 30.1 Å². The first kappa shape index (κ1) is 20.8. The molecule has 2 aliphatic heterocycles. The van der Waals surface area contributed by atoms with Crippen molar-refractivity contribution in [3.8, 4) is 0 Å². The van der Waals surface area contributed by atoms with Crippen LogP contribution in [-0.2, 0) is 4.79 Å². The van der Waals surface area contributed by atoms with E-state index in [-0.39, 0.29) is 23.7 Å². The van der Waals surface area contributed by atoms with Gasteiger partial charge in [-0.15, -0.1) is 0 Å². The van der Waals surface area contributed by atoms with E-state index in [0.29, 0.717) is 31.1 Å². The van der Waals surface area contributed by atoms with Gasteiger partial charge in [0, 0.05) is 26.3 Å². The third-order valence-electron chi connectivity index (χ3n) is 7.21. The van der Waals surface area contributed by atoms with E-state index >= 15 is 0 Å². The molecule has 0 aromatic carbocycles. The molecule has 1 aliphatic carbocycles. The highest BCUT2D eigenvalue weighted by Crippen LogP contribution is 2.36. The Morgan fingerprint density at radius 2 is 2.03 bits per heavy atom. The third kappa shape index (κ3) is 4.20. The maximum atomic E-state index is 13.2. The molecule has 1 aromatic rings. The predicted octanol–water partition coefficient (Wildman–Crippen LogP) is 3.03. The highest BCUT2D eigenvalue weighted by Gasteiger charge is 2.49. The van der Waals surface area contributed by atoms with E-state index in [9.17, 15) is 9.59 Å². The normalized spacial score (nSPS) is 27.6. The first-order chi connectivity index (χ1) is 14.5. The van der Waals surface area contributed by atoms with Gasteiger partial charge in [-0.05, 0) is 49.7 Å². The van der Waals surface area contributed by atoms with Crippen molar-refractivity contribution < 1.29 is 9.59 Å². The molecule has 4 rings (SSSR count). The number of pyridine rings is 1. The molecule has 0 radical (unpaired) electrons. The van der Waals surface area contributed by atoms with Gasteiger partial charge in [0.1, 0.15) is 11.2 Å². The molecule has 3 heterocycles. The summed E-state index contributed by atoms with van der Waals surface area (Å²) in [6.45, 7) is 1.34. The Balaban J connectivity index is 1.42. The number of likely N-dealkylation sites (tertiary alicyclic amines) is 1. The van der Waals surface area contributed by atoms with Crippen molar-refractivity contribution in [2.75, 3.05) is 20.1 Å². The van der Waals surface area contributed by atoms with Gasteiger partial charge in [0.25, 0.3) is 11.8 Å². The molecule has 1 aromatic heterocycles. The summed E-state index contributed by atoms with van der Waals surface area (Å²) in [4.78, 5) is 33.4. The summed E-state index contributed by atoms with van der Waals surface area (Å²) >= 11 is 0. The highest BCUT2D eigenvalue weighted by atomic mass is 16.2. The van der Waals surface area contributed by atoms with Gasteiger partial charge in [0.05, 0.1) is 0 Å². The average molecular weight is 412 g/mol. The van der Waals surface area contributed by atoms with Gasteiger partial charge in [0.15, 0.2) is 5.96 Å². The van der Waals surface area contributed by atoms with Crippen LogP contribution in [0.15, 0.2) is 24.4 Å². The maximum absolute atomic E-state index is 13.2. The van der Waals surface area contributed by atoms with Crippen LogP contribution in [0.2, 0.25) is 0 Å². The lowest BCUT2D eigenvalue weighted by atomic mass is 9.78. The summed E-state index contributed by atoms with van der Waals surface area (Å²) in [5.41, 5.74) is -0.223. The molecule has 7 heteroatoms. The SMILES string of the molecule is CN1C(=N)N[C@@](CCC2CCCCC2)(C[C@H]2CCN(C(=O)c3ccccn3)C2)C1=O. The molecule has 2 atom stereocenters. The lowest BCUT2D eigenvalue weighted by Gasteiger charge is -2.32. The van der Waals surface area contributed by atoms with Crippen LogP contribution in [-0.4, -0.2) is 58.2 Å². The molecular formula is C23H33N5O2. The van der Waals surface area contributed by atoms with Gasteiger partial charge in [-0.1, -0.05) is 38.2 Å². The summed E-state index contributed by atoms with van der Waals surface area (Å²) in [7, 11) is 1.69. The number of hydrogen-bond donors (Lipinski definition) is 2. The smallest absolute Gasteiger partial charge is 0.272 e. The fourth-order valence-corrected chi connectivity index (χ4v) is 5.45. The number of nitrogens with one attached hydrogen (secondary N) is 2. The molecular weight excluding hydrogens is 378 g/mol. The quantitative estimate of drug-likeness (QED) is 0.753. The van der Waals surface area contributed by atoms with Gasteiger partial charge in [0.2, 0.25) is 0 Å². The number of hydrogen-bond acceptors (Lipinski definition) is 4. The zero-order chi connectivity index (χ0) is 21.1. The Morgan fingerprint density at radius 1 is 1.23 bits per heavy atom. The van der Waals surface area contributed by atoms with Crippen LogP contribution in [0.1, 0.15) is 68.3 Å². The molecule has 3 fully saturated rings. The van der Waals surface area contributed by atoms with E-state index in [0.717, 1.165) is 19.3 Å². The summed E-state index contributed by atoms with van der Waals surface area (Å²) in [5.74, 6) is 1.11. The summed E-state index contributed by atoms with van der Waals surface area (Å²) in [5, 5.41) is 11.4. The van der Waals surface area contributed by atoms with Gasteiger partial charge < -0.3 is 10.2 Å². The zero-order valence-corrected chi connectivity index (χ0v) is 17.9. The van der Waals surface area contributed by atoms with Crippen LogP contribution in [0.4, 0.5) is 0 Å². The fraction of sp³-hybridized carbons (Fsp3) is 0.652. The monoisotopic (exact) mass is 411 g/mol. The fourth-order valence-electron chi connectivity index (χ4n) is 5.45. The number of likely N-dealkylation sites (N-methyl/N-ethyl adjacent to an activating group) is 1. The number of carbonyl (C=O) groups is 2. The van der Waals surface area contributed by atoms with Crippen LogP contribution < -0.4 is 5.32 Å². The zero-order valence-electron chi connectivity index (χ0n) is 17.9. The molecule has 7 nitrogen and oxygen atoms in total. The maximum Gasteiger partial charge on any atom is 0.272 e. The first-order valence-corrected chi connectivity index (χ1v) is 11.3. The van der Waals surface area contributed by atoms with Crippen LogP contribution in [0.5, 0.6) is 0 Å². The number of amides is 2. The van der Waals surface area contributed by atoms with Crippen molar-refractivity contribution in [2.45, 2.75) is 63.3 Å². The van der Waals surface area contributed by atoms with Crippen molar-refractivity contribution in [1.82, 2.24) is 20.1 Å². The second-order valence-electron chi connectivity index (χ2n) is 9.29. The molecule has 3 aliphatic rings. The number of carbonyl (C=O) groups excluding carboxylic acids is 2. The second kappa shape index (κ2) is 8.74. The predicted molar refractivity (Wildman–Crippen MR) is 115 cm³/mol. The molecule has 2 amide bonds. The Hall–Kier alpha value is -2.44. The number of nitrogens with zero attached hydrogens (tertiary/aromatic N) is 3. The summed E-state index contributed by atoms with van der Waals surface area (Å²) in [6, 6.07) is 5.39. The Labute approximate surface area is 178 Å². The van der Waals surface area contributed by atoms with E-state index in [1.54, 1.807) is 19.3 Å². The molecule has 0 bridgehead atoms. The molecule has 2 saturated heterocycles. The molecule has 1 saturated carbocycles. The van der Waals surface area contributed by atoms with Crippen molar-refractivity contribution >= 4 is 17.8 Å². The van der Waals surface area contributed by atoms with Crippen LogP contribution >= 0.6 is 0 Å². The average Bonchev–Trinajstić information content (AvgIpc) is 3.32. The third-order valence-corrected chi connectivity index (χ3v) is 7.21. The van der Waals surface area contributed by atoms with E-state index in [1.165, 1.54) is 37.0 Å². The second-order valence-corrected chi connectivity index (χ2v) is 9.29. The lowest BCUT2D eigenvalue weighted by molar-refractivity contribution is -0.131. The molecule has 0 spiro atoms. The lowest BCUT2D eigenvalue weighted by Crippen LogP contribution is -2.49. The van der Waals surface area contributed by atoms with E-state index in [1.807, 2.05) is 17.0 Å². The molecule has 30 heavy (non-hydrogen) atoms. The Morgan fingerprint density at radius 3 is 2.70 bits per heavy atom. The van der Waals surface area contributed by atoms with Crippen LogP contribution in [0, 0.1) is 17.2 Å². The highest BCUT2D eigenvalue weighted by molar-refractivity contribution is 6.07. The van der Waals surface area contributed by atoms with Crippen molar-refractivity contribution in [1.29, 1.82) is 5.41 Å². The number of aromatic nitrogens is 1. The largest absolute Gasteiger partial charge is 0.342 e. The minimum atomic E-state index is -0.696. The molecule has 2 N–H and O–H groups in total. The standard InChI is InChI=1S/C23H33N5O2/c1-27-21(30)23(26-22(27)24,12-10-17-7-3-2-4-8-17)15-18-11-14-28(16-18)20(29)19-9-5-6-13-25-19/h5-6,9,13,17-18H,2-4,7-8,10-12,14-16H2,1H3,(H2,24,26)/t18-,23+/m1/s1. The van der Waals surface area contributed by atoms with Crippen LogP contribution in [0.25, 0.3) is 0 Å². The molecule has 162 valence electrons. The Bertz CT molecular complexity index is 792. The van der Waals surface area contributed by atoms with Crippen molar-refractivity contribution in [3.63, 3.8) is 0 Å². The Kier molecular flexibility index (Phi) is 6.06. The van der Waals surface area contributed by atoms with Gasteiger partial charge in [-0.3, -0.25) is 24.9 Å². The summed E-state index contributed by atoms with van der Waals surface area (Å²) < 4.78 is 0. The minimum absolute atomic E-state index is 0.0119. The number of guanidine groups is 1. The minimum Gasteiger partial charge on any atom is -0.342 e. The topological polar surface area (TPSA) is 89.4 Å². The van der Waals surface area contributed by atoms with Gasteiger partial charge >= 0.3 is 0 Å².